The van der Waals surface area contributed by atoms with E-state index in [2.05, 4.69) is 33.0 Å². The van der Waals surface area contributed by atoms with Crippen molar-refractivity contribution in [2.75, 3.05) is 42.8 Å². The molecule has 3 aromatic rings. The highest BCUT2D eigenvalue weighted by atomic mass is 16.5. The first-order valence-corrected chi connectivity index (χ1v) is 11.9. The molecule has 4 fully saturated rings. The molecule has 4 aliphatic rings. The predicted octanol–water partition coefficient (Wildman–Crippen LogP) is 2.61. The summed E-state index contributed by atoms with van der Waals surface area (Å²) >= 11 is 0. The zero-order valence-electron chi connectivity index (χ0n) is 18.4. The summed E-state index contributed by atoms with van der Waals surface area (Å²) in [7, 11) is 0. The monoisotopic (exact) mass is 435 g/mol. The Morgan fingerprint density at radius 3 is 2.62 bits per heavy atom. The zero-order valence-corrected chi connectivity index (χ0v) is 18.4. The first-order valence-electron chi connectivity index (χ1n) is 11.9. The van der Waals surface area contributed by atoms with Crippen LogP contribution in [0.3, 0.4) is 0 Å². The third kappa shape index (κ3) is 2.87. The Labute approximate surface area is 186 Å². The molecule has 32 heavy (non-hydrogen) atoms. The molecule has 3 saturated heterocycles. The van der Waals surface area contributed by atoms with Crippen molar-refractivity contribution in [3.8, 4) is 5.82 Å². The van der Waals surface area contributed by atoms with E-state index in [-0.39, 0.29) is 0 Å². The van der Waals surface area contributed by atoms with Crippen LogP contribution in [0.5, 0.6) is 0 Å². The predicted molar refractivity (Wildman–Crippen MR) is 121 cm³/mol. The summed E-state index contributed by atoms with van der Waals surface area (Å²) in [6, 6.07) is 5.41. The van der Waals surface area contributed by atoms with Gasteiger partial charge in [-0.3, -0.25) is 5.10 Å². The van der Waals surface area contributed by atoms with Crippen LogP contribution in [0.25, 0.3) is 16.9 Å². The van der Waals surface area contributed by atoms with E-state index < -0.39 is 0 Å². The maximum absolute atomic E-state index is 5.86. The number of rotatable bonds is 4. The van der Waals surface area contributed by atoms with Crippen molar-refractivity contribution >= 4 is 22.5 Å². The van der Waals surface area contributed by atoms with E-state index in [0.717, 1.165) is 50.3 Å². The molecule has 1 saturated carbocycles. The van der Waals surface area contributed by atoms with Crippen molar-refractivity contribution in [3.05, 3.63) is 24.0 Å². The van der Waals surface area contributed by atoms with Crippen molar-refractivity contribution in [2.24, 2.45) is 0 Å². The molecular weight excluding hydrogens is 406 g/mol. The molecule has 6 heterocycles. The van der Waals surface area contributed by atoms with E-state index in [1.165, 1.54) is 42.5 Å². The van der Waals surface area contributed by atoms with Crippen LogP contribution in [-0.4, -0.2) is 76.1 Å². The number of nitrogens with zero attached hydrogens (tertiary/aromatic N) is 6. The Morgan fingerprint density at radius 2 is 1.91 bits per heavy atom. The molecule has 7 rings (SSSR count). The van der Waals surface area contributed by atoms with Gasteiger partial charge in [0.05, 0.1) is 61.5 Å². The van der Waals surface area contributed by atoms with Gasteiger partial charge >= 0.3 is 0 Å². The van der Waals surface area contributed by atoms with E-state index in [9.17, 15) is 0 Å². The van der Waals surface area contributed by atoms with Crippen LogP contribution in [0.4, 0.5) is 11.5 Å². The van der Waals surface area contributed by atoms with Gasteiger partial charge in [0.1, 0.15) is 5.82 Å². The molecular formula is C23H29N7O2. The largest absolute Gasteiger partial charge is 0.377 e. The molecule has 9 nitrogen and oxygen atoms in total. The number of pyridine rings is 1. The van der Waals surface area contributed by atoms with Gasteiger partial charge in [-0.15, -0.1) is 0 Å². The van der Waals surface area contributed by atoms with E-state index in [1.807, 2.05) is 10.7 Å². The lowest BCUT2D eigenvalue weighted by Gasteiger charge is -2.38. The third-order valence-electron chi connectivity index (χ3n) is 7.49. The molecule has 0 amide bonds. The first-order chi connectivity index (χ1) is 15.8. The van der Waals surface area contributed by atoms with Crippen LogP contribution in [-0.2, 0) is 9.47 Å². The molecule has 168 valence electrons. The second kappa shape index (κ2) is 7.18. The standard InChI is InChI=1S/C23H29N7O2/c1-14-11-31-9-8-28(14)18-10-20(29-16-4-5-17(29)13-32-12-16)25-23-21(18)22(15-2-3-15)27-30(23)19-6-7-24-26-19/h6-7,10,14-17H,2-5,8-9,11-13H2,1H3,(H,24,26)/t14-,16?,17?/m1/s1. The minimum atomic E-state index is 0.311. The number of anilines is 2. The SMILES string of the molecule is C[C@@H]1COCCN1c1cc(N2C3CCC2COC3)nc2c1c(C1CC1)nn2-c1ccn[nH]1. The van der Waals surface area contributed by atoms with E-state index in [4.69, 9.17) is 19.6 Å². The van der Waals surface area contributed by atoms with Gasteiger partial charge in [0.2, 0.25) is 0 Å². The minimum Gasteiger partial charge on any atom is -0.377 e. The van der Waals surface area contributed by atoms with E-state index in [0.29, 0.717) is 24.0 Å². The highest BCUT2D eigenvalue weighted by Crippen LogP contribution is 2.47. The number of aromatic nitrogens is 5. The molecule has 3 aromatic heterocycles. The maximum atomic E-state index is 5.86. The van der Waals surface area contributed by atoms with Gasteiger partial charge in [-0.05, 0) is 32.6 Å². The fraction of sp³-hybridized carbons (Fsp3) is 0.609. The number of H-pyrrole nitrogens is 1. The van der Waals surface area contributed by atoms with Crippen LogP contribution < -0.4 is 9.80 Å². The average Bonchev–Trinajstić information content (AvgIpc) is 3.27. The summed E-state index contributed by atoms with van der Waals surface area (Å²) < 4.78 is 13.6. The van der Waals surface area contributed by atoms with Gasteiger partial charge in [0.15, 0.2) is 11.5 Å². The minimum absolute atomic E-state index is 0.311. The van der Waals surface area contributed by atoms with Gasteiger partial charge in [0, 0.05) is 30.6 Å². The molecule has 9 heteroatoms. The van der Waals surface area contributed by atoms with Gasteiger partial charge in [-0.1, -0.05) is 0 Å². The topological polar surface area (TPSA) is 84.3 Å². The number of hydrogen-bond donors (Lipinski definition) is 1. The Bertz CT molecular complexity index is 1120. The molecule has 1 N–H and O–H groups in total. The summed E-state index contributed by atoms with van der Waals surface area (Å²) in [6.45, 7) is 6.20. The highest BCUT2D eigenvalue weighted by Gasteiger charge is 2.40. The van der Waals surface area contributed by atoms with Gasteiger partial charge in [-0.25, -0.2) is 4.98 Å². The summed E-state index contributed by atoms with van der Waals surface area (Å²) in [5.41, 5.74) is 3.35. The third-order valence-corrected chi connectivity index (χ3v) is 7.49. The van der Waals surface area contributed by atoms with Crippen molar-refractivity contribution < 1.29 is 9.47 Å². The summed E-state index contributed by atoms with van der Waals surface area (Å²) in [6.07, 6.45) is 6.50. The van der Waals surface area contributed by atoms with E-state index >= 15 is 0 Å². The summed E-state index contributed by atoms with van der Waals surface area (Å²) in [5, 5.41) is 13.6. The lowest BCUT2D eigenvalue weighted by molar-refractivity contribution is 0.0902. The van der Waals surface area contributed by atoms with Crippen LogP contribution in [0, 0.1) is 0 Å². The van der Waals surface area contributed by atoms with Crippen molar-refractivity contribution in [1.29, 1.82) is 0 Å². The second-order valence-electron chi connectivity index (χ2n) is 9.66. The fourth-order valence-electron chi connectivity index (χ4n) is 5.73. The van der Waals surface area contributed by atoms with Crippen LogP contribution in [0.15, 0.2) is 18.3 Å². The quantitative estimate of drug-likeness (QED) is 0.674. The molecule has 0 radical (unpaired) electrons. The van der Waals surface area contributed by atoms with Crippen LogP contribution >= 0.6 is 0 Å². The molecule has 0 aromatic carbocycles. The van der Waals surface area contributed by atoms with Gasteiger partial charge in [-0.2, -0.15) is 14.9 Å². The average molecular weight is 436 g/mol. The smallest absolute Gasteiger partial charge is 0.169 e. The molecule has 1 aliphatic carbocycles. The number of hydrogen-bond acceptors (Lipinski definition) is 7. The zero-order chi connectivity index (χ0) is 21.2. The summed E-state index contributed by atoms with van der Waals surface area (Å²) in [4.78, 5) is 10.3. The van der Waals surface area contributed by atoms with Crippen LogP contribution in [0.1, 0.15) is 44.2 Å². The lowest BCUT2D eigenvalue weighted by atomic mass is 10.1. The Kier molecular flexibility index (Phi) is 4.24. The highest BCUT2D eigenvalue weighted by molar-refractivity contribution is 5.95. The molecule has 3 atom stereocenters. The molecule has 2 unspecified atom stereocenters. The number of nitrogens with one attached hydrogen (secondary N) is 1. The Hall–Kier alpha value is -2.65. The molecule has 3 aliphatic heterocycles. The maximum Gasteiger partial charge on any atom is 0.169 e. The first kappa shape index (κ1) is 18.9. The Morgan fingerprint density at radius 1 is 1.06 bits per heavy atom. The number of fused-ring (bicyclic) bond motifs is 3. The van der Waals surface area contributed by atoms with E-state index in [1.54, 1.807) is 6.20 Å². The van der Waals surface area contributed by atoms with Crippen LogP contribution in [0.2, 0.25) is 0 Å². The normalized spacial score (nSPS) is 28.1. The van der Waals surface area contributed by atoms with Crippen molar-refractivity contribution in [3.63, 3.8) is 0 Å². The fourth-order valence-corrected chi connectivity index (χ4v) is 5.73. The number of aromatic amines is 1. The van der Waals surface area contributed by atoms with Gasteiger partial charge < -0.3 is 19.3 Å². The van der Waals surface area contributed by atoms with Crippen molar-refractivity contribution in [1.82, 2.24) is 25.0 Å². The lowest BCUT2D eigenvalue weighted by Crippen LogP contribution is -2.47. The second-order valence-corrected chi connectivity index (χ2v) is 9.66. The number of ether oxygens (including phenoxy) is 2. The van der Waals surface area contributed by atoms with Crippen molar-refractivity contribution in [2.45, 2.75) is 56.7 Å². The van der Waals surface area contributed by atoms with Gasteiger partial charge in [0.25, 0.3) is 0 Å². The Balaban J connectivity index is 1.47. The molecule has 2 bridgehead atoms. The number of morpholine rings is 2. The molecule has 0 spiro atoms. The summed E-state index contributed by atoms with van der Waals surface area (Å²) in [5.74, 6) is 2.42.